The molecule has 0 aliphatic carbocycles. The van der Waals surface area contributed by atoms with Crippen molar-refractivity contribution in [1.82, 2.24) is 4.90 Å². The topological polar surface area (TPSA) is 62.3 Å². The molecule has 0 N–H and O–H groups in total. The van der Waals surface area contributed by atoms with Gasteiger partial charge in [0.1, 0.15) is 11.5 Å². The van der Waals surface area contributed by atoms with Crippen molar-refractivity contribution in [2.24, 2.45) is 0 Å². The van der Waals surface area contributed by atoms with Crippen LogP contribution in [-0.2, 0) is 9.59 Å². The van der Waals surface area contributed by atoms with E-state index in [9.17, 15) is 9.59 Å². The number of hydrogen-bond acceptors (Lipinski definition) is 5. The Balaban J connectivity index is 1.24. The highest BCUT2D eigenvalue weighted by molar-refractivity contribution is 5.95. The van der Waals surface area contributed by atoms with Crippen molar-refractivity contribution >= 4 is 23.2 Å². The highest BCUT2D eigenvalue weighted by atomic mass is 16.5. The Morgan fingerprint density at radius 3 is 2.10 bits per heavy atom. The smallest absolute Gasteiger partial charge is 0.260 e. The Labute approximate surface area is 176 Å². The van der Waals surface area contributed by atoms with Crippen molar-refractivity contribution in [3.63, 3.8) is 0 Å². The lowest BCUT2D eigenvalue weighted by atomic mass is 10.2. The van der Waals surface area contributed by atoms with Crippen LogP contribution in [0.1, 0.15) is 12.8 Å². The maximum atomic E-state index is 12.5. The summed E-state index contributed by atoms with van der Waals surface area (Å²) in [5, 5.41) is 0. The standard InChI is InChI=1S/C23H27N3O4/c1-29-20-8-4-18(5-9-20)24-13-15-25(16-14-24)23(28)17-30-21-10-6-19(7-11-21)26-12-2-3-22(26)27/h4-11H,2-3,12-17H2,1H3. The molecule has 0 atom stereocenters. The molecule has 2 amide bonds. The molecule has 2 aliphatic rings. The highest BCUT2D eigenvalue weighted by Gasteiger charge is 2.23. The van der Waals surface area contributed by atoms with Crippen LogP contribution in [0, 0.1) is 0 Å². The van der Waals surface area contributed by atoms with Gasteiger partial charge in [-0.3, -0.25) is 9.59 Å². The first kappa shape index (κ1) is 20.1. The molecule has 2 fully saturated rings. The van der Waals surface area contributed by atoms with E-state index < -0.39 is 0 Å². The minimum atomic E-state index is -0.0109. The number of hydrogen-bond donors (Lipinski definition) is 0. The lowest BCUT2D eigenvalue weighted by Crippen LogP contribution is -2.50. The number of amides is 2. The molecule has 2 aliphatic heterocycles. The molecule has 0 unspecified atom stereocenters. The molecule has 7 nitrogen and oxygen atoms in total. The number of benzene rings is 2. The van der Waals surface area contributed by atoms with Crippen LogP contribution < -0.4 is 19.3 Å². The molecular formula is C23H27N3O4. The van der Waals surface area contributed by atoms with Gasteiger partial charge in [-0.2, -0.15) is 0 Å². The molecule has 158 valence electrons. The van der Waals surface area contributed by atoms with E-state index in [1.54, 1.807) is 12.0 Å². The monoisotopic (exact) mass is 409 g/mol. The van der Waals surface area contributed by atoms with Crippen molar-refractivity contribution in [3.05, 3.63) is 48.5 Å². The second-order valence-corrected chi connectivity index (χ2v) is 7.50. The molecule has 2 aromatic rings. The molecule has 4 rings (SSSR count). The number of anilines is 2. The molecule has 30 heavy (non-hydrogen) atoms. The van der Waals surface area contributed by atoms with E-state index in [-0.39, 0.29) is 18.4 Å². The number of ether oxygens (including phenoxy) is 2. The highest BCUT2D eigenvalue weighted by Crippen LogP contribution is 2.24. The van der Waals surface area contributed by atoms with Crippen molar-refractivity contribution in [2.45, 2.75) is 12.8 Å². The van der Waals surface area contributed by atoms with Gasteiger partial charge < -0.3 is 24.2 Å². The minimum absolute atomic E-state index is 0.0109. The number of nitrogens with zero attached hydrogens (tertiary/aromatic N) is 3. The maximum Gasteiger partial charge on any atom is 0.260 e. The molecule has 7 heteroatoms. The predicted molar refractivity (Wildman–Crippen MR) is 115 cm³/mol. The molecule has 0 bridgehead atoms. The normalized spacial score (nSPS) is 16.7. The van der Waals surface area contributed by atoms with E-state index in [1.807, 2.05) is 53.4 Å². The van der Waals surface area contributed by atoms with Gasteiger partial charge >= 0.3 is 0 Å². The quantitative estimate of drug-likeness (QED) is 0.734. The summed E-state index contributed by atoms with van der Waals surface area (Å²) in [6.07, 6.45) is 1.51. The fourth-order valence-electron chi connectivity index (χ4n) is 3.89. The van der Waals surface area contributed by atoms with E-state index >= 15 is 0 Å². The number of carbonyl (C=O) groups is 2. The fourth-order valence-corrected chi connectivity index (χ4v) is 3.89. The second-order valence-electron chi connectivity index (χ2n) is 7.50. The second kappa shape index (κ2) is 9.07. The molecule has 0 radical (unpaired) electrons. The van der Waals surface area contributed by atoms with Gasteiger partial charge in [0.2, 0.25) is 5.91 Å². The molecule has 0 aromatic heterocycles. The van der Waals surface area contributed by atoms with Gasteiger partial charge in [0.05, 0.1) is 7.11 Å². The van der Waals surface area contributed by atoms with Crippen LogP contribution in [-0.4, -0.2) is 63.2 Å². The Bertz CT molecular complexity index is 874. The zero-order valence-corrected chi connectivity index (χ0v) is 17.3. The summed E-state index contributed by atoms with van der Waals surface area (Å²) >= 11 is 0. The predicted octanol–water partition coefficient (Wildman–Crippen LogP) is 2.55. The zero-order valence-electron chi connectivity index (χ0n) is 17.3. The maximum absolute atomic E-state index is 12.5. The number of methoxy groups -OCH3 is 1. The fraction of sp³-hybridized carbons (Fsp3) is 0.391. The minimum Gasteiger partial charge on any atom is -0.497 e. The van der Waals surface area contributed by atoms with Crippen LogP contribution in [0.25, 0.3) is 0 Å². The van der Waals surface area contributed by atoms with Crippen LogP contribution in [0.4, 0.5) is 11.4 Å². The van der Waals surface area contributed by atoms with Crippen LogP contribution in [0.3, 0.4) is 0 Å². The lowest BCUT2D eigenvalue weighted by molar-refractivity contribution is -0.133. The summed E-state index contributed by atoms with van der Waals surface area (Å²) in [5.41, 5.74) is 2.02. The summed E-state index contributed by atoms with van der Waals surface area (Å²) in [5.74, 6) is 1.62. The lowest BCUT2D eigenvalue weighted by Gasteiger charge is -2.36. The zero-order chi connectivity index (χ0) is 20.9. The molecular weight excluding hydrogens is 382 g/mol. The number of carbonyl (C=O) groups excluding carboxylic acids is 2. The van der Waals surface area contributed by atoms with Crippen molar-refractivity contribution in [3.8, 4) is 11.5 Å². The molecule has 0 spiro atoms. The third-order valence-corrected chi connectivity index (χ3v) is 5.65. The number of piperazine rings is 1. The summed E-state index contributed by atoms with van der Waals surface area (Å²) in [7, 11) is 1.66. The van der Waals surface area contributed by atoms with E-state index in [2.05, 4.69) is 4.90 Å². The Morgan fingerprint density at radius 1 is 0.867 bits per heavy atom. The van der Waals surface area contributed by atoms with Gasteiger partial charge in [-0.25, -0.2) is 0 Å². The summed E-state index contributed by atoms with van der Waals surface area (Å²) in [6.45, 7) is 3.70. The molecule has 2 aromatic carbocycles. The molecule has 2 saturated heterocycles. The van der Waals surface area contributed by atoms with Gasteiger partial charge in [-0.05, 0) is 55.0 Å². The third-order valence-electron chi connectivity index (χ3n) is 5.65. The van der Waals surface area contributed by atoms with Crippen LogP contribution in [0.15, 0.2) is 48.5 Å². The Hall–Kier alpha value is -3.22. The van der Waals surface area contributed by atoms with Crippen LogP contribution >= 0.6 is 0 Å². The SMILES string of the molecule is COc1ccc(N2CCN(C(=O)COc3ccc(N4CCCC4=O)cc3)CC2)cc1. The van der Waals surface area contributed by atoms with Gasteiger partial charge in [0.15, 0.2) is 6.61 Å². The first-order valence-electron chi connectivity index (χ1n) is 10.3. The van der Waals surface area contributed by atoms with Crippen LogP contribution in [0.5, 0.6) is 11.5 Å². The van der Waals surface area contributed by atoms with E-state index in [0.29, 0.717) is 25.3 Å². The van der Waals surface area contributed by atoms with Crippen molar-refractivity contribution in [1.29, 1.82) is 0 Å². The first-order valence-corrected chi connectivity index (χ1v) is 10.3. The molecule has 0 saturated carbocycles. The van der Waals surface area contributed by atoms with Gasteiger partial charge in [0, 0.05) is 50.5 Å². The average molecular weight is 409 g/mol. The van der Waals surface area contributed by atoms with Crippen LogP contribution in [0.2, 0.25) is 0 Å². The third kappa shape index (κ3) is 4.50. The summed E-state index contributed by atoms with van der Waals surface area (Å²) in [4.78, 5) is 30.3. The van der Waals surface area contributed by atoms with E-state index in [1.165, 1.54) is 0 Å². The van der Waals surface area contributed by atoms with Gasteiger partial charge in [-0.15, -0.1) is 0 Å². The number of rotatable bonds is 6. The molecule has 2 heterocycles. The average Bonchev–Trinajstić information content (AvgIpc) is 3.24. The summed E-state index contributed by atoms with van der Waals surface area (Å²) < 4.78 is 10.9. The van der Waals surface area contributed by atoms with Gasteiger partial charge in [-0.1, -0.05) is 0 Å². The van der Waals surface area contributed by atoms with Crippen molar-refractivity contribution in [2.75, 3.05) is 56.2 Å². The Kier molecular flexibility index (Phi) is 6.07. The summed E-state index contributed by atoms with van der Waals surface area (Å²) in [6, 6.07) is 15.4. The van der Waals surface area contributed by atoms with E-state index in [0.717, 1.165) is 43.2 Å². The van der Waals surface area contributed by atoms with Gasteiger partial charge in [0.25, 0.3) is 5.91 Å². The largest absolute Gasteiger partial charge is 0.497 e. The van der Waals surface area contributed by atoms with E-state index in [4.69, 9.17) is 9.47 Å². The van der Waals surface area contributed by atoms with Crippen molar-refractivity contribution < 1.29 is 19.1 Å². The Morgan fingerprint density at radius 2 is 1.50 bits per heavy atom. The first-order chi connectivity index (χ1) is 14.6.